The van der Waals surface area contributed by atoms with Crippen LogP contribution < -0.4 is 15.5 Å². The summed E-state index contributed by atoms with van der Waals surface area (Å²) < 4.78 is 1.03. The highest BCUT2D eigenvalue weighted by atomic mass is 79.9. The van der Waals surface area contributed by atoms with Crippen molar-refractivity contribution in [3.8, 4) is 0 Å². The van der Waals surface area contributed by atoms with E-state index in [2.05, 4.69) is 41.5 Å². The van der Waals surface area contributed by atoms with Crippen LogP contribution in [-0.4, -0.2) is 36.1 Å². The Balaban J connectivity index is 2.28. The van der Waals surface area contributed by atoms with Gasteiger partial charge in [-0.15, -0.1) is 0 Å². The lowest BCUT2D eigenvalue weighted by Gasteiger charge is -2.13. The molecule has 2 N–H and O–H groups in total. The zero-order valence-corrected chi connectivity index (χ0v) is 12.6. The van der Waals surface area contributed by atoms with E-state index in [9.17, 15) is 0 Å². The van der Waals surface area contributed by atoms with E-state index >= 15 is 0 Å². The molecule has 0 aliphatic rings. The fourth-order valence-corrected chi connectivity index (χ4v) is 1.66. The molecule has 1 aromatic carbocycles. The minimum absolute atomic E-state index is 0.505. The van der Waals surface area contributed by atoms with Crippen molar-refractivity contribution in [3.63, 3.8) is 0 Å². The predicted molar refractivity (Wildman–Crippen MR) is 81.1 cm³/mol. The van der Waals surface area contributed by atoms with Crippen LogP contribution >= 0.6 is 15.9 Å². The lowest BCUT2D eigenvalue weighted by atomic mass is 10.3. The summed E-state index contributed by atoms with van der Waals surface area (Å²) in [6.07, 6.45) is 0. The highest BCUT2D eigenvalue weighted by Gasteiger charge is 2.07. The summed E-state index contributed by atoms with van der Waals surface area (Å²) in [6, 6.07) is 7.80. The molecule has 2 aromatic rings. The van der Waals surface area contributed by atoms with Crippen LogP contribution in [0.4, 0.5) is 23.5 Å². The van der Waals surface area contributed by atoms with Gasteiger partial charge in [-0.3, -0.25) is 0 Å². The Morgan fingerprint density at radius 2 is 1.63 bits per heavy atom. The number of hydrogen-bond acceptors (Lipinski definition) is 6. The monoisotopic (exact) mass is 322 g/mol. The normalized spacial score (nSPS) is 10.1. The van der Waals surface area contributed by atoms with Gasteiger partial charge in [0.05, 0.1) is 0 Å². The Labute approximate surface area is 120 Å². The minimum atomic E-state index is 0.505. The quantitative estimate of drug-likeness (QED) is 0.901. The molecule has 19 heavy (non-hydrogen) atoms. The van der Waals surface area contributed by atoms with Crippen LogP contribution in [0.1, 0.15) is 0 Å². The Morgan fingerprint density at radius 3 is 2.21 bits per heavy atom. The molecule has 1 heterocycles. The highest BCUT2D eigenvalue weighted by Crippen LogP contribution is 2.18. The molecule has 0 saturated heterocycles. The molecule has 0 radical (unpaired) electrons. The largest absolute Gasteiger partial charge is 0.357 e. The number of nitrogens with one attached hydrogen (secondary N) is 2. The van der Waals surface area contributed by atoms with Crippen molar-refractivity contribution in [1.82, 2.24) is 15.0 Å². The molecule has 0 aliphatic heterocycles. The number of anilines is 4. The average molecular weight is 323 g/mol. The van der Waals surface area contributed by atoms with Gasteiger partial charge in [-0.05, 0) is 24.3 Å². The average Bonchev–Trinajstić information content (AvgIpc) is 2.41. The second kappa shape index (κ2) is 5.83. The van der Waals surface area contributed by atoms with Crippen molar-refractivity contribution in [3.05, 3.63) is 28.7 Å². The van der Waals surface area contributed by atoms with E-state index < -0.39 is 0 Å². The Hall–Kier alpha value is -1.89. The van der Waals surface area contributed by atoms with Crippen molar-refractivity contribution in [2.75, 3.05) is 36.7 Å². The molecule has 6 nitrogen and oxygen atoms in total. The Morgan fingerprint density at radius 1 is 1.00 bits per heavy atom. The van der Waals surface area contributed by atoms with Crippen molar-refractivity contribution in [1.29, 1.82) is 0 Å². The minimum Gasteiger partial charge on any atom is -0.357 e. The molecular weight excluding hydrogens is 308 g/mol. The topological polar surface area (TPSA) is 66.0 Å². The van der Waals surface area contributed by atoms with Gasteiger partial charge in [-0.1, -0.05) is 15.9 Å². The van der Waals surface area contributed by atoms with E-state index in [0.717, 1.165) is 10.2 Å². The van der Waals surface area contributed by atoms with E-state index in [4.69, 9.17) is 0 Å². The second-order valence-electron chi connectivity index (χ2n) is 4.06. The number of nitrogens with zero attached hydrogens (tertiary/aromatic N) is 4. The van der Waals surface area contributed by atoms with Crippen molar-refractivity contribution in [2.24, 2.45) is 0 Å². The van der Waals surface area contributed by atoms with E-state index in [1.807, 2.05) is 43.3 Å². The van der Waals surface area contributed by atoms with Gasteiger partial charge in [0.2, 0.25) is 17.8 Å². The van der Waals surface area contributed by atoms with Crippen molar-refractivity contribution >= 4 is 39.5 Å². The fraction of sp³-hybridized carbons (Fsp3) is 0.250. The van der Waals surface area contributed by atoms with Gasteiger partial charge in [0, 0.05) is 31.3 Å². The fourth-order valence-electron chi connectivity index (χ4n) is 1.39. The molecule has 0 unspecified atom stereocenters. The van der Waals surface area contributed by atoms with Gasteiger partial charge < -0.3 is 15.5 Å². The van der Waals surface area contributed by atoms with Crippen LogP contribution in [0.25, 0.3) is 0 Å². The molecule has 0 spiro atoms. The van der Waals surface area contributed by atoms with E-state index in [1.54, 1.807) is 7.05 Å². The second-order valence-corrected chi connectivity index (χ2v) is 4.97. The van der Waals surface area contributed by atoms with Crippen LogP contribution in [0.3, 0.4) is 0 Å². The zero-order valence-electron chi connectivity index (χ0n) is 11.0. The van der Waals surface area contributed by atoms with E-state index in [0.29, 0.717) is 17.8 Å². The lowest BCUT2D eigenvalue weighted by molar-refractivity contribution is 0.963. The Kier molecular flexibility index (Phi) is 4.16. The molecule has 0 fully saturated rings. The number of rotatable bonds is 4. The third-order valence-corrected chi connectivity index (χ3v) is 2.88. The van der Waals surface area contributed by atoms with Gasteiger partial charge in [-0.25, -0.2) is 0 Å². The number of hydrogen-bond donors (Lipinski definition) is 2. The van der Waals surface area contributed by atoms with Crippen LogP contribution in [0.15, 0.2) is 28.7 Å². The maximum absolute atomic E-state index is 4.34. The van der Waals surface area contributed by atoms with Crippen molar-refractivity contribution < 1.29 is 0 Å². The maximum Gasteiger partial charge on any atom is 0.233 e. The first-order valence-electron chi connectivity index (χ1n) is 5.72. The molecule has 100 valence electrons. The Bertz CT molecular complexity index is 555. The first-order valence-corrected chi connectivity index (χ1v) is 6.51. The van der Waals surface area contributed by atoms with Crippen LogP contribution in [0, 0.1) is 0 Å². The van der Waals surface area contributed by atoms with E-state index in [-0.39, 0.29) is 0 Å². The standard InChI is InChI=1S/C12H15BrN6/c1-14-10-16-11(18-12(17-10)19(2)3)15-9-6-4-8(13)5-7-9/h4-7H,1-3H3,(H2,14,15,16,17,18). The van der Waals surface area contributed by atoms with Gasteiger partial charge in [0.25, 0.3) is 0 Å². The molecule has 0 atom stereocenters. The molecule has 0 bridgehead atoms. The highest BCUT2D eigenvalue weighted by molar-refractivity contribution is 9.10. The van der Waals surface area contributed by atoms with Crippen molar-refractivity contribution in [2.45, 2.75) is 0 Å². The summed E-state index contributed by atoms with van der Waals surface area (Å²) in [7, 11) is 5.55. The SMILES string of the molecule is CNc1nc(Nc2ccc(Br)cc2)nc(N(C)C)n1. The van der Waals surface area contributed by atoms with Crippen LogP contribution in [0.2, 0.25) is 0 Å². The lowest BCUT2D eigenvalue weighted by Crippen LogP contribution is -2.15. The third-order valence-electron chi connectivity index (χ3n) is 2.35. The predicted octanol–water partition coefficient (Wildman–Crippen LogP) is 2.49. The smallest absolute Gasteiger partial charge is 0.233 e. The number of halogens is 1. The summed E-state index contributed by atoms with van der Waals surface area (Å²) >= 11 is 3.40. The molecule has 1 aromatic heterocycles. The third kappa shape index (κ3) is 3.54. The summed E-state index contributed by atoms with van der Waals surface area (Å²) in [5, 5.41) is 6.07. The molecule has 7 heteroatoms. The van der Waals surface area contributed by atoms with E-state index in [1.165, 1.54) is 0 Å². The van der Waals surface area contributed by atoms with Crippen LogP contribution in [-0.2, 0) is 0 Å². The summed E-state index contributed by atoms with van der Waals surface area (Å²) in [6.45, 7) is 0. The van der Waals surface area contributed by atoms with Gasteiger partial charge in [-0.2, -0.15) is 15.0 Å². The van der Waals surface area contributed by atoms with Crippen LogP contribution in [0.5, 0.6) is 0 Å². The molecule has 0 amide bonds. The number of benzene rings is 1. The molecule has 0 saturated carbocycles. The van der Waals surface area contributed by atoms with Gasteiger partial charge >= 0.3 is 0 Å². The first kappa shape index (κ1) is 13.5. The zero-order chi connectivity index (χ0) is 13.8. The maximum atomic E-state index is 4.34. The number of aromatic nitrogens is 3. The molecule has 0 aliphatic carbocycles. The summed E-state index contributed by atoms with van der Waals surface area (Å²) in [5.74, 6) is 1.63. The molecular formula is C12H15BrN6. The van der Waals surface area contributed by atoms with Gasteiger partial charge in [0.15, 0.2) is 0 Å². The first-order chi connectivity index (χ1) is 9.08. The molecule has 2 rings (SSSR count). The summed E-state index contributed by atoms with van der Waals surface area (Å²) in [4.78, 5) is 14.7. The van der Waals surface area contributed by atoms with Gasteiger partial charge in [0.1, 0.15) is 0 Å². The summed E-state index contributed by atoms with van der Waals surface area (Å²) in [5.41, 5.74) is 0.918.